The van der Waals surface area contributed by atoms with Gasteiger partial charge in [0.2, 0.25) is 5.95 Å². The fourth-order valence-electron chi connectivity index (χ4n) is 2.50. The van der Waals surface area contributed by atoms with Crippen LogP contribution in [0.1, 0.15) is 12.1 Å². The average Bonchev–Trinajstić information content (AvgIpc) is 2.99. The molecule has 1 aliphatic rings. The van der Waals surface area contributed by atoms with Crippen molar-refractivity contribution in [1.29, 1.82) is 0 Å². The van der Waals surface area contributed by atoms with Crippen molar-refractivity contribution in [3.8, 4) is 11.3 Å². The second kappa shape index (κ2) is 6.07. The predicted molar refractivity (Wildman–Crippen MR) is 83.8 cm³/mol. The van der Waals surface area contributed by atoms with E-state index in [4.69, 9.17) is 0 Å². The fraction of sp³-hybridized carbons (Fsp3) is 0.333. The van der Waals surface area contributed by atoms with Crippen molar-refractivity contribution >= 4 is 11.6 Å². The van der Waals surface area contributed by atoms with Crippen molar-refractivity contribution < 1.29 is 4.92 Å². The van der Waals surface area contributed by atoms with Gasteiger partial charge in [-0.2, -0.15) is 0 Å². The van der Waals surface area contributed by atoms with Gasteiger partial charge in [0.05, 0.1) is 10.6 Å². The molecule has 2 N–H and O–H groups in total. The van der Waals surface area contributed by atoms with Crippen LogP contribution in [-0.2, 0) is 0 Å². The molecular formula is C15H17N5O2. The van der Waals surface area contributed by atoms with E-state index in [9.17, 15) is 10.1 Å². The molecule has 1 fully saturated rings. The molecule has 0 bridgehead atoms. The summed E-state index contributed by atoms with van der Waals surface area (Å²) < 4.78 is 0. The largest absolute Gasteiger partial charge is 0.350 e. The van der Waals surface area contributed by atoms with E-state index in [1.165, 1.54) is 12.1 Å². The topological polar surface area (TPSA) is 93.0 Å². The highest BCUT2D eigenvalue weighted by Crippen LogP contribution is 2.22. The standard InChI is InChI=1S/C15H17N5O2/c1-10-8-14(11-2-4-13(5-3-11)20(21)22)19-15(17-10)18-12-6-7-16-9-12/h2-5,8,12,16H,6-7,9H2,1H3,(H,17,18,19). The van der Waals surface area contributed by atoms with Gasteiger partial charge < -0.3 is 10.6 Å². The normalized spacial score (nSPS) is 17.4. The predicted octanol–water partition coefficient (Wildman–Crippen LogP) is 2.13. The summed E-state index contributed by atoms with van der Waals surface area (Å²) in [7, 11) is 0. The molecule has 0 aliphatic carbocycles. The summed E-state index contributed by atoms with van der Waals surface area (Å²) >= 11 is 0. The zero-order chi connectivity index (χ0) is 15.5. The van der Waals surface area contributed by atoms with Gasteiger partial charge in [0.1, 0.15) is 0 Å². The van der Waals surface area contributed by atoms with Gasteiger partial charge in [0.25, 0.3) is 5.69 Å². The summed E-state index contributed by atoms with van der Waals surface area (Å²) in [6.45, 7) is 3.82. The Bertz CT molecular complexity index is 681. The van der Waals surface area contributed by atoms with Crippen LogP contribution in [-0.4, -0.2) is 34.0 Å². The molecule has 1 atom stereocenters. The first-order valence-corrected chi connectivity index (χ1v) is 7.19. The maximum Gasteiger partial charge on any atom is 0.269 e. The second-order valence-corrected chi connectivity index (χ2v) is 5.36. The fourth-order valence-corrected chi connectivity index (χ4v) is 2.50. The maximum absolute atomic E-state index is 10.7. The number of aryl methyl sites for hydroxylation is 1. The van der Waals surface area contributed by atoms with Crippen molar-refractivity contribution in [1.82, 2.24) is 15.3 Å². The third-order valence-corrected chi connectivity index (χ3v) is 3.62. The quantitative estimate of drug-likeness (QED) is 0.663. The lowest BCUT2D eigenvalue weighted by Gasteiger charge is -2.12. The maximum atomic E-state index is 10.7. The van der Waals surface area contributed by atoms with Gasteiger partial charge in [-0.25, -0.2) is 9.97 Å². The van der Waals surface area contributed by atoms with Crippen LogP contribution in [0.5, 0.6) is 0 Å². The number of nitro benzene ring substituents is 1. The SMILES string of the molecule is Cc1cc(-c2ccc([N+](=O)[O-])cc2)nc(NC2CCNC2)n1. The molecule has 1 aromatic heterocycles. The third kappa shape index (κ3) is 3.20. The lowest BCUT2D eigenvalue weighted by molar-refractivity contribution is -0.384. The van der Waals surface area contributed by atoms with Crippen molar-refractivity contribution in [2.24, 2.45) is 0 Å². The Morgan fingerprint density at radius 3 is 2.73 bits per heavy atom. The number of aromatic nitrogens is 2. The minimum atomic E-state index is -0.408. The van der Waals surface area contributed by atoms with E-state index in [0.717, 1.165) is 36.5 Å². The first-order valence-electron chi connectivity index (χ1n) is 7.19. The lowest BCUT2D eigenvalue weighted by Crippen LogP contribution is -2.23. The zero-order valence-electron chi connectivity index (χ0n) is 12.2. The summed E-state index contributed by atoms with van der Waals surface area (Å²) in [6.07, 6.45) is 1.05. The number of anilines is 1. The van der Waals surface area contributed by atoms with Gasteiger partial charge >= 0.3 is 0 Å². The molecule has 0 amide bonds. The van der Waals surface area contributed by atoms with Crippen LogP contribution in [0.15, 0.2) is 30.3 Å². The molecule has 1 saturated heterocycles. The lowest BCUT2D eigenvalue weighted by atomic mass is 10.1. The number of benzene rings is 1. The van der Waals surface area contributed by atoms with Crippen LogP contribution >= 0.6 is 0 Å². The first-order chi connectivity index (χ1) is 10.6. The Labute approximate surface area is 127 Å². The zero-order valence-corrected chi connectivity index (χ0v) is 12.2. The molecule has 2 aromatic rings. The Kier molecular flexibility index (Phi) is 3.97. The monoisotopic (exact) mass is 299 g/mol. The van der Waals surface area contributed by atoms with Crippen LogP contribution in [0.2, 0.25) is 0 Å². The van der Waals surface area contributed by atoms with Crippen LogP contribution in [0.4, 0.5) is 11.6 Å². The van der Waals surface area contributed by atoms with Crippen molar-refractivity contribution in [2.75, 3.05) is 18.4 Å². The number of nitro groups is 1. The van der Waals surface area contributed by atoms with Gasteiger partial charge in [-0.15, -0.1) is 0 Å². The highest BCUT2D eigenvalue weighted by Gasteiger charge is 2.16. The van der Waals surface area contributed by atoms with Gasteiger partial charge in [-0.1, -0.05) is 0 Å². The molecule has 114 valence electrons. The van der Waals surface area contributed by atoms with Crippen LogP contribution in [0.3, 0.4) is 0 Å². The van der Waals surface area contributed by atoms with Crippen molar-refractivity contribution in [3.05, 3.63) is 46.1 Å². The van der Waals surface area contributed by atoms with E-state index < -0.39 is 4.92 Å². The van der Waals surface area contributed by atoms with Gasteiger partial charge in [0.15, 0.2) is 0 Å². The number of hydrogen-bond acceptors (Lipinski definition) is 6. The minimum absolute atomic E-state index is 0.0740. The molecule has 7 nitrogen and oxygen atoms in total. The molecule has 1 aromatic carbocycles. The Morgan fingerprint density at radius 1 is 1.32 bits per heavy atom. The van der Waals surface area contributed by atoms with Crippen LogP contribution in [0, 0.1) is 17.0 Å². The van der Waals surface area contributed by atoms with Gasteiger partial charge in [0, 0.05) is 36.0 Å². The summed E-state index contributed by atoms with van der Waals surface area (Å²) in [5, 5.41) is 17.3. The van der Waals surface area contributed by atoms with Crippen molar-refractivity contribution in [3.63, 3.8) is 0 Å². The molecule has 0 radical (unpaired) electrons. The van der Waals surface area contributed by atoms with Crippen LogP contribution < -0.4 is 10.6 Å². The molecule has 22 heavy (non-hydrogen) atoms. The summed E-state index contributed by atoms with van der Waals surface area (Å²) in [4.78, 5) is 19.2. The molecule has 0 spiro atoms. The van der Waals surface area contributed by atoms with E-state index in [0.29, 0.717) is 12.0 Å². The van der Waals surface area contributed by atoms with E-state index in [2.05, 4.69) is 20.6 Å². The number of nitrogens with zero attached hydrogens (tertiary/aromatic N) is 3. The van der Waals surface area contributed by atoms with E-state index in [1.54, 1.807) is 12.1 Å². The highest BCUT2D eigenvalue weighted by molar-refractivity contribution is 5.62. The molecule has 7 heteroatoms. The number of rotatable bonds is 4. The van der Waals surface area contributed by atoms with Gasteiger partial charge in [-0.3, -0.25) is 10.1 Å². The summed E-state index contributed by atoms with van der Waals surface area (Å²) in [6, 6.07) is 8.61. The molecular weight excluding hydrogens is 282 g/mol. The Hall–Kier alpha value is -2.54. The Morgan fingerprint density at radius 2 is 2.09 bits per heavy atom. The molecule has 1 unspecified atom stereocenters. The molecule has 3 rings (SSSR count). The minimum Gasteiger partial charge on any atom is -0.350 e. The molecule has 0 saturated carbocycles. The van der Waals surface area contributed by atoms with E-state index in [-0.39, 0.29) is 5.69 Å². The number of hydrogen-bond donors (Lipinski definition) is 2. The second-order valence-electron chi connectivity index (χ2n) is 5.36. The van der Waals surface area contributed by atoms with E-state index in [1.807, 2.05) is 13.0 Å². The van der Waals surface area contributed by atoms with E-state index >= 15 is 0 Å². The molecule has 2 heterocycles. The van der Waals surface area contributed by atoms with Gasteiger partial charge in [-0.05, 0) is 38.1 Å². The Balaban J connectivity index is 1.86. The van der Waals surface area contributed by atoms with Crippen molar-refractivity contribution in [2.45, 2.75) is 19.4 Å². The molecule has 1 aliphatic heterocycles. The number of nitrogens with one attached hydrogen (secondary N) is 2. The number of non-ortho nitro benzene ring substituents is 1. The third-order valence-electron chi connectivity index (χ3n) is 3.62. The summed E-state index contributed by atoms with van der Waals surface area (Å²) in [5.41, 5.74) is 2.53. The first kappa shape index (κ1) is 14.4. The van der Waals surface area contributed by atoms with Crippen LogP contribution in [0.25, 0.3) is 11.3 Å². The average molecular weight is 299 g/mol. The highest BCUT2D eigenvalue weighted by atomic mass is 16.6. The smallest absolute Gasteiger partial charge is 0.269 e. The summed E-state index contributed by atoms with van der Waals surface area (Å²) in [5.74, 6) is 0.599.